The molecule has 0 bridgehead atoms. The lowest BCUT2D eigenvalue weighted by molar-refractivity contribution is 0.125. The predicted molar refractivity (Wildman–Crippen MR) is 96.8 cm³/mol. The fraction of sp³-hybridized carbons (Fsp3) is 1.00. The molecule has 0 rings (SSSR count). The van der Waals surface area contributed by atoms with Crippen LogP contribution in [0.2, 0.25) is 0 Å². The van der Waals surface area contributed by atoms with Gasteiger partial charge in [-0.25, -0.2) is 0 Å². The molecule has 7 nitrogen and oxygen atoms in total. The Bertz CT molecular complexity index is 236. The molecule has 0 aliphatic heterocycles. The predicted octanol–water partition coefficient (Wildman–Crippen LogP) is 0.744. The summed E-state index contributed by atoms with van der Waals surface area (Å²) in [5.74, 6) is -2.02. The Morgan fingerprint density at radius 1 is 0.435 bits per heavy atom. The topological polar surface area (TPSA) is 165 Å². The Kier molecular flexibility index (Phi) is 12.9. The van der Waals surface area contributed by atoms with Gasteiger partial charge in [0, 0.05) is 13.2 Å². The summed E-state index contributed by atoms with van der Waals surface area (Å²) >= 11 is 0. The van der Waals surface area contributed by atoms with Crippen LogP contribution >= 0.6 is 0 Å². The fourth-order valence-electron chi connectivity index (χ4n) is 2.43. The summed E-state index contributed by atoms with van der Waals surface area (Å²) in [6.07, 6.45) is 12.6. The Balaban J connectivity index is 3.08. The van der Waals surface area contributed by atoms with Crippen molar-refractivity contribution in [3.63, 3.8) is 0 Å². The van der Waals surface area contributed by atoms with E-state index < -0.39 is 11.6 Å². The summed E-state index contributed by atoms with van der Waals surface area (Å²) in [7, 11) is 0. The molecule has 0 heterocycles. The molecule has 0 saturated heterocycles. The van der Waals surface area contributed by atoms with Crippen molar-refractivity contribution in [2.75, 3.05) is 13.2 Å². The lowest BCUT2D eigenvalue weighted by Crippen LogP contribution is -2.57. The second-order valence-corrected chi connectivity index (χ2v) is 6.87. The second-order valence-electron chi connectivity index (χ2n) is 6.87. The molecule has 0 amide bonds. The van der Waals surface area contributed by atoms with Gasteiger partial charge in [-0.05, 0) is 38.5 Å². The zero-order valence-electron chi connectivity index (χ0n) is 14.8. The van der Waals surface area contributed by atoms with Crippen molar-refractivity contribution in [1.82, 2.24) is 0 Å². The van der Waals surface area contributed by atoms with Crippen LogP contribution < -0.4 is 34.4 Å². The Morgan fingerprint density at radius 2 is 0.739 bits per heavy atom. The van der Waals surface area contributed by atoms with Crippen molar-refractivity contribution in [3.05, 3.63) is 0 Å². The van der Waals surface area contributed by atoms with E-state index in [-0.39, 0.29) is 0 Å². The van der Waals surface area contributed by atoms with E-state index in [2.05, 4.69) is 0 Å². The van der Waals surface area contributed by atoms with Gasteiger partial charge in [-0.3, -0.25) is 0 Å². The zero-order chi connectivity index (χ0) is 17.6. The maximum Gasteiger partial charge on any atom is 0.115 e. The van der Waals surface area contributed by atoms with Crippen LogP contribution in [-0.2, 0) is 4.74 Å². The van der Waals surface area contributed by atoms with Gasteiger partial charge >= 0.3 is 0 Å². The first-order valence-corrected chi connectivity index (χ1v) is 9.02. The highest BCUT2D eigenvalue weighted by Gasteiger charge is 2.10. The lowest BCUT2D eigenvalue weighted by atomic mass is 10.1. The van der Waals surface area contributed by atoms with E-state index in [0.29, 0.717) is 12.8 Å². The molecule has 7 heteroatoms. The number of hydrogen-bond acceptors (Lipinski definition) is 7. The van der Waals surface area contributed by atoms with E-state index in [1.54, 1.807) is 0 Å². The summed E-state index contributed by atoms with van der Waals surface area (Å²) < 4.78 is 5.64. The molecule has 0 spiro atoms. The maximum atomic E-state index is 5.64. The first kappa shape index (κ1) is 22.7. The van der Waals surface area contributed by atoms with E-state index in [1.165, 1.54) is 25.7 Å². The van der Waals surface area contributed by atoms with Crippen LogP contribution in [0.25, 0.3) is 0 Å². The van der Waals surface area contributed by atoms with E-state index in [4.69, 9.17) is 39.1 Å². The zero-order valence-corrected chi connectivity index (χ0v) is 14.8. The summed E-state index contributed by atoms with van der Waals surface area (Å²) in [5.41, 5.74) is 33.1. The maximum absolute atomic E-state index is 5.64. The fourth-order valence-corrected chi connectivity index (χ4v) is 2.43. The van der Waals surface area contributed by atoms with Gasteiger partial charge < -0.3 is 39.1 Å². The van der Waals surface area contributed by atoms with Crippen LogP contribution in [0.1, 0.15) is 77.0 Å². The van der Waals surface area contributed by atoms with Crippen molar-refractivity contribution in [2.24, 2.45) is 34.4 Å². The number of nitrogens with two attached hydrogens (primary N) is 6. The van der Waals surface area contributed by atoms with Crippen LogP contribution in [0.4, 0.5) is 0 Å². The van der Waals surface area contributed by atoms with Crippen LogP contribution in [0, 0.1) is 0 Å². The molecule has 12 N–H and O–H groups in total. The average Bonchev–Trinajstić information content (AvgIpc) is 2.40. The first-order valence-electron chi connectivity index (χ1n) is 9.02. The SMILES string of the molecule is NC(N)(N)CCCCCCCOCCCCCCCC(N)(N)N. The van der Waals surface area contributed by atoms with Crippen LogP contribution in [0.15, 0.2) is 0 Å². The number of hydrogen-bond donors (Lipinski definition) is 6. The third-order valence-electron chi connectivity index (χ3n) is 3.80. The van der Waals surface area contributed by atoms with Crippen molar-refractivity contribution in [1.29, 1.82) is 0 Å². The van der Waals surface area contributed by atoms with E-state index >= 15 is 0 Å². The van der Waals surface area contributed by atoms with Crippen LogP contribution in [-0.4, -0.2) is 24.8 Å². The minimum atomic E-state index is -1.01. The lowest BCUT2D eigenvalue weighted by Gasteiger charge is -2.17. The van der Waals surface area contributed by atoms with Crippen molar-refractivity contribution < 1.29 is 4.74 Å². The highest BCUT2D eigenvalue weighted by atomic mass is 16.5. The highest BCUT2D eigenvalue weighted by Crippen LogP contribution is 2.09. The van der Waals surface area contributed by atoms with Crippen molar-refractivity contribution in [2.45, 2.75) is 88.6 Å². The molecule has 0 aliphatic carbocycles. The van der Waals surface area contributed by atoms with Crippen LogP contribution in [0.5, 0.6) is 0 Å². The van der Waals surface area contributed by atoms with Gasteiger partial charge in [0.1, 0.15) is 11.6 Å². The number of unbranched alkanes of at least 4 members (excludes halogenated alkanes) is 8. The smallest absolute Gasteiger partial charge is 0.115 e. The molecule has 0 fully saturated rings. The molecule has 0 saturated carbocycles. The van der Waals surface area contributed by atoms with Crippen molar-refractivity contribution in [3.8, 4) is 0 Å². The molecule has 0 radical (unpaired) electrons. The van der Waals surface area contributed by atoms with Gasteiger partial charge in [0.05, 0.1) is 0 Å². The summed E-state index contributed by atoms with van der Waals surface area (Å²) in [6, 6.07) is 0. The van der Waals surface area contributed by atoms with Gasteiger partial charge in [-0.2, -0.15) is 0 Å². The quantitative estimate of drug-likeness (QED) is 0.179. The first-order chi connectivity index (χ1) is 10.7. The normalized spacial score (nSPS) is 12.8. The molecular formula is C16H40N6O. The average molecular weight is 333 g/mol. The van der Waals surface area contributed by atoms with Crippen molar-refractivity contribution >= 4 is 0 Å². The molecule has 0 unspecified atom stereocenters. The van der Waals surface area contributed by atoms with E-state index in [1.807, 2.05) is 0 Å². The molecule has 0 aromatic heterocycles. The van der Waals surface area contributed by atoms with Gasteiger partial charge in [0.15, 0.2) is 0 Å². The Morgan fingerprint density at radius 3 is 1.09 bits per heavy atom. The molecule has 0 atom stereocenters. The summed E-state index contributed by atoms with van der Waals surface area (Å²) in [5, 5.41) is 0. The Labute approximate surface area is 141 Å². The third-order valence-corrected chi connectivity index (χ3v) is 3.80. The summed E-state index contributed by atoms with van der Waals surface area (Å²) in [4.78, 5) is 0. The molecule has 0 aliphatic rings. The third kappa shape index (κ3) is 21.7. The van der Waals surface area contributed by atoms with Crippen LogP contribution in [0.3, 0.4) is 0 Å². The minimum absolute atomic E-state index is 0.673. The second kappa shape index (κ2) is 13.1. The largest absolute Gasteiger partial charge is 0.381 e. The molecular weight excluding hydrogens is 292 g/mol. The standard InChI is InChI=1S/C16H40N6O/c17-15(18,19)11-7-3-1-5-9-13-23-14-10-6-2-4-8-12-16(20,21)22/h1-14,17-22H2. The number of rotatable bonds is 16. The molecule has 0 aromatic rings. The molecule has 0 aromatic carbocycles. The van der Waals surface area contributed by atoms with Gasteiger partial charge in [0.2, 0.25) is 0 Å². The van der Waals surface area contributed by atoms with E-state index in [0.717, 1.165) is 51.7 Å². The van der Waals surface area contributed by atoms with Gasteiger partial charge in [0.25, 0.3) is 0 Å². The Hall–Kier alpha value is -0.280. The molecule has 140 valence electrons. The monoisotopic (exact) mass is 332 g/mol. The minimum Gasteiger partial charge on any atom is -0.381 e. The molecule has 23 heavy (non-hydrogen) atoms. The highest BCUT2D eigenvalue weighted by molar-refractivity contribution is 4.67. The van der Waals surface area contributed by atoms with E-state index in [9.17, 15) is 0 Å². The van der Waals surface area contributed by atoms with Gasteiger partial charge in [-0.15, -0.1) is 0 Å². The summed E-state index contributed by atoms with van der Waals surface area (Å²) in [6.45, 7) is 1.70. The number of ether oxygens (including phenoxy) is 1. The van der Waals surface area contributed by atoms with Gasteiger partial charge in [-0.1, -0.05) is 38.5 Å².